The van der Waals surface area contributed by atoms with E-state index in [2.05, 4.69) is 19.4 Å². The highest BCUT2D eigenvalue weighted by Gasteiger charge is 2.17. The predicted octanol–water partition coefficient (Wildman–Crippen LogP) is 3.24. The highest BCUT2D eigenvalue weighted by molar-refractivity contribution is 7.90. The molecule has 0 aliphatic rings. The first kappa shape index (κ1) is 17.3. The molecule has 0 saturated carbocycles. The van der Waals surface area contributed by atoms with Crippen molar-refractivity contribution in [1.29, 1.82) is 0 Å². The summed E-state index contributed by atoms with van der Waals surface area (Å²) in [6, 6.07) is 18.3. The Hall–Kier alpha value is -2.48. The molecule has 3 rings (SSSR count). The van der Waals surface area contributed by atoms with Crippen molar-refractivity contribution >= 4 is 27.6 Å². The molecule has 8 heteroatoms. The van der Waals surface area contributed by atoms with E-state index in [1.165, 1.54) is 6.33 Å². The summed E-state index contributed by atoms with van der Waals surface area (Å²) in [6.45, 7) is 0.162. The van der Waals surface area contributed by atoms with Gasteiger partial charge in [-0.15, -0.1) is 0 Å². The zero-order chi connectivity index (χ0) is 17.7. The van der Waals surface area contributed by atoms with Crippen molar-refractivity contribution in [1.82, 2.24) is 14.7 Å². The summed E-state index contributed by atoms with van der Waals surface area (Å²) in [6.07, 6.45) is 1.21. The largest absolute Gasteiger partial charge is 0.300 e. The van der Waals surface area contributed by atoms with Gasteiger partial charge in [0.1, 0.15) is 11.5 Å². The summed E-state index contributed by atoms with van der Waals surface area (Å²) in [4.78, 5) is 7.97. The van der Waals surface area contributed by atoms with Crippen LogP contribution in [0.4, 0.5) is 5.82 Å². The SMILES string of the molecule is O=S(=O)(NCc1ccccc1)Nc1ncnc(Cl)c1-c1ccccc1. The van der Waals surface area contributed by atoms with E-state index in [1.54, 1.807) is 12.1 Å². The van der Waals surface area contributed by atoms with Gasteiger partial charge >= 0.3 is 10.2 Å². The van der Waals surface area contributed by atoms with Crippen LogP contribution >= 0.6 is 11.6 Å². The third-order valence-corrected chi connectivity index (χ3v) is 4.68. The minimum absolute atomic E-state index is 0.117. The van der Waals surface area contributed by atoms with E-state index in [9.17, 15) is 8.42 Å². The molecule has 128 valence electrons. The Morgan fingerprint density at radius 1 is 0.920 bits per heavy atom. The van der Waals surface area contributed by atoms with Crippen LogP contribution in [0.1, 0.15) is 5.56 Å². The smallest absolute Gasteiger partial charge is 0.254 e. The van der Waals surface area contributed by atoms with Crippen molar-refractivity contribution in [3.05, 3.63) is 77.7 Å². The molecular formula is C17H15ClN4O2S. The zero-order valence-electron chi connectivity index (χ0n) is 13.1. The molecule has 0 saturated heterocycles. The van der Waals surface area contributed by atoms with Crippen LogP contribution in [-0.4, -0.2) is 18.4 Å². The van der Waals surface area contributed by atoms with Crippen LogP contribution in [0.3, 0.4) is 0 Å². The molecular weight excluding hydrogens is 360 g/mol. The van der Waals surface area contributed by atoms with Gasteiger partial charge in [-0.25, -0.2) is 9.97 Å². The molecule has 3 aromatic rings. The number of hydrogen-bond acceptors (Lipinski definition) is 4. The third-order valence-electron chi connectivity index (χ3n) is 3.40. The maximum Gasteiger partial charge on any atom is 0.300 e. The molecule has 0 radical (unpaired) electrons. The average Bonchev–Trinajstić information content (AvgIpc) is 2.62. The number of nitrogens with zero attached hydrogens (tertiary/aromatic N) is 2. The number of aromatic nitrogens is 2. The van der Waals surface area contributed by atoms with E-state index in [0.29, 0.717) is 11.1 Å². The fourth-order valence-corrected chi connectivity index (χ4v) is 3.32. The van der Waals surface area contributed by atoms with E-state index in [0.717, 1.165) is 5.56 Å². The Morgan fingerprint density at radius 3 is 2.24 bits per heavy atom. The van der Waals surface area contributed by atoms with E-state index in [4.69, 9.17) is 11.6 Å². The number of halogens is 1. The van der Waals surface area contributed by atoms with Crippen molar-refractivity contribution < 1.29 is 8.42 Å². The molecule has 0 bridgehead atoms. The van der Waals surface area contributed by atoms with Gasteiger partial charge in [-0.2, -0.15) is 13.1 Å². The van der Waals surface area contributed by atoms with E-state index < -0.39 is 10.2 Å². The van der Waals surface area contributed by atoms with Gasteiger partial charge in [0.2, 0.25) is 0 Å². The Kier molecular flexibility index (Phi) is 5.28. The maximum atomic E-state index is 12.3. The molecule has 0 atom stereocenters. The fraction of sp³-hybridized carbons (Fsp3) is 0.0588. The lowest BCUT2D eigenvalue weighted by atomic mass is 10.1. The number of rotatable bonds is 6. The molecule has 0 aliphatic heterocycles. The van der Waals surface area contributed by atoms with Gasteiger partial charge in [-0.3, -0.25) is 4.72 Å². The Balaban J connectivity index is 1.84. The number of anilines is 1. The minimum atomic E-state index is -3.83. The second kappa shape index (κ2) is 7.60. The topological polar surface area (TPSA) is 84.0 Å². The molecule has 0 unspecified atom stereocenters. The van der Waals surface area contributed by atoms with Gasteiger partial charge in [0.15, 0.2) is 5.82 Å². The molecule has 2 aromatic carbocycles. The Morgan fingerprint density at radius 2 is 1.56 bits per heavy atom. The summed E-state index contributed by atoms with van der Waals surface area (Å²) >= 11 is 6.16. The third kappa shape index (κ3) is 4.54. The molecule has 25 heavy (non-hydrogen) atoms. The van der Waals surface area contributed by atoms with Crippen LogP contribution in [0, 0.1) is 0 Å². The number of benzene rings is 2. The lowest BCUT2D eigenvalue weighted by molar-refractivity contribution is 0.586. The fourth-order valence-electron chi connectivity index (χ4n) is 2.24. The second-order valence-corrected chi connectivity index (χ2v) is 7.02. The highest BCUT2D eigenvalue weighted by Crippen LogP contribution is 2.31. The van der Waals surface area contributed by atoms with Gasteiger partial charge in [0, 0.05) is 6.54 Å². The summed E-state index contributed by atoms with van der Waals surface area (Å²) < 4.78 is 29.6. The number of hydrogen-bond donors (Lipinski definition) is 2. The van der Waals surface area contributed by atoms with Gasteiger partial charge in [-0.05, 0) is 11.1 Å². The lowest BCUT2D eigenvalue weighted by Gasteiger charge is -2.13. The van der Waals surface area contributed by atoms with Crippen molar-refractivity contribution in [3.8, 4) is 11.1 Å². The van der Waals surface area contributed by atoms with Crippen molar-refractivity contribution in [2.45, 2.75) is 6.54 Å². The van der Waals surface area contributed by atoms with Gasteiger partial charge < -0.3 is 0 Å². The van der Waals surface area contributed by atoms with Gasteiger partial charge in [0.25, 0.3) is 0 Å². The lowest BCUT2D eigenvalue weighted by Crippen LogP contribution is -2.30. The molecule has 0 spiro atoms. The quantitative estimate of drug-likeness (QED) is 0.649. The zero-order valence-corrected chi connectivity index (χ0v) is 14.6. The number of nitrogens with one attached hydrogen (secondary N) is 2. The first-order valence-electron chi connectivity index (χ1n) is 7.42. The monoisotopic (exact) mass is 374 g/mol. The van der Waals surface area contributed by atoms with E-state index >= 15 is 0 Å². The Labute approximate surface area is 151 Å². The molecule has 0 amide bonds. The second-order valence-electron chi connectivity index (χ2n) is 5.17. The average molecular weight is 375 g/mol. The van der Waals surface area contributed by atoms with Crippen LogP contribution in [0.15, 0.2) is 67.0 Å². The predicted molar refractivity (Wildman–Crippen MR) is 98.3 cm³/mol. The first-order chi connectivity index (χ1) is 12.1. The molecule has 6 nitrogen and oxygen atoms in total. The molecule has 1 heterocycles. The minimum Gasteiger partial charge on any atom is -0.254 e. The van der Waals surface area contributed by atoms with Gasteiger partial charge in [-0.1, -0.05) is 72.3 Å². The van der Waals surface area contributed by atoms with Crippen molar-refractivity contribution in [3.63, 3.8) is 0 Å². The van der Waals surface area contributed by atoms with Crippen LogP contribution in [-0.2, 0) is 16.8 Å². The maximum absolute atomic E-state index is 12.3. The normalized spacial score (nSPS) is 11.2. The first-order valence-corrected chi connectivity index (χ1v) is 9.28. The van der Waals surface area contributed by atoms with Crippen molar-refractivity contribution in [2.24, 2.45) is 0 Å². The van der Waals surface area contributed by atoms with Gasteiger partial charge in [0.05, 0.1) is 5.56 Å². The summed E-state index contributed by atoms with van der Waals surface area (Å²) in [7, 11) is -3.83. The highest BCUT2D eigenvalue weighted by atomic mass is 35.5. The molecule has 0 fully saturated rings. The summed E-state index contributed by atoms with van der Waals surface area (Å²) in [5, 5.41) is 0.168. The molecule has 1 aromatic heterocycles. The van der Waals surface area contributed by atoms with E-state index in [-0.39, 0.29) is 17.5 Å². The van der Waals surface area contributed by atoms with Crippen LogP contribution in [0.5, 0.6) is 0 Å². The van der Waals surface area contributed by atoms with Crippen molar-refractivity contribution in [2.75, 3.05) is 4.72 Å². The van der Waals surface area contributed by atoms with Crippen LogP contribution in [0.25, 0.3) is 11.1 Å². The van der Waals surface area contributed by atoms with Crippen LogP contribution < -0.4 is 9.44 Å². The summed E-state index contributed by atoms with van der Waals surface area (Å²) in [5.41, 5.74) is 1.99. The molecule has 0 aliphatic carbocycles. The van der Waals surface area contributed by atoms with E-state index in [1.807, 2.05) is 48.5 Å². The summed E-state index contributed by atoms with van der Waals surface area (Å²) in [5.74, 6) is 0.117. The Bertz CT molecular complexity index is 951. The standard InChI is InChI=1S/C17H15ClN4O2S/c18-16-15(14-9-5-2-6-10-14)17(20-12-19-16)22-25(23,24)21-11-13-7-3-1-4-8-13/h1-10,12,21H,11H2,(H,19,20,22). The molecule has 2 N–H and O–H groups in total. The van der Waals surface area contributed by atoms with Crippen LogP contribution in [0.2, 0.25) is 5.15 Å².